The lowest BCUT2D eigenvalue weighted by Crippen LogP contribution is -2.49. The van der Waals surface area contributed by atoms with E-state index < -0.39 is 0 Å². The van der Waals surface area contributed by atoms with Crippen molar-refractivity contribution in [3.8, 4) is 22.4 Å². The number of aryl methyl sites for hydroxylation is 1. The molecule has 2 aromatic heterocycles. The van der Waals surface area contributed by atoms with Gasteiger partial charge < -0.3 is 9.30 Å². The van der Waals surface area contributed by atoms with E-state index in [1.54, 1.807) is 0 Å². The molecule has 5 nitrogen and oxygen atoms in total. The number of amides is 1. The second-order valence-corrected chi connectivity index (χ2v) is 10.1. The first-order valence-corrected chi connectivity index (χ1v) is 12.6. The summed E-state index contributed by atoms with van der Waals surface area (Å²) in [6.07, 6.45) is 2.15. The van der Waals surface area contributed by atoms with Crippen molar-refractivity contribution in [2.24, 2.45) is 5.92 Å². The predicted octanol–water partition coefficient (Wildman–Crippen LogP) is 5.93. The van der Waals surface area contributed by atoms with Gasteiger partial charge >= 0.3 is 0 Å². The van der Waals surface area contributed by atoms with Gasteiger partial charge in [-0.1, -0.05) is 73.5 Å². The molecule has 0 saturated carbocycles. The minimum absolute atomic E-state index is 0.0386. The summed E-state index contributed by atoms with van der Waals surface area (Å²) in [5.74, 6) is 0.279. The molecule has 180 valence electrons. The molecule has 6 heteroatoms. The van der Waals surface area contributed by atoms with Crippen molar-refractivity contribution in [2.75, 3.05) is 26.2 Å². The lowest BCUT2D eigenvalue weighted by molar-refractivity contribution is -0.136. The van der Waals surface area contributed by atoms with E-state index in [0.717, 1.165) is 71.5 Å². The maximum Gasteiger partial charge on any atom is 0.225 e. The molecular formula is C29H31ClN4O. The first-order valence-electron chi connectivity index (χ1n) is 12.2. The summed E-state index contributed by atoms with van der Waals surface area (Å²) in [6, 6.07) is 20.6. The van der Waals surface area contributed by atoms with Crippen LogP contribution in [0.2, 0.25) is 5.02 Å². The van der Waals surface area contributed by atoms with Crippen molar-refractivity contribution in [3.05, 3.63) is 83.1 Å². The van der Waals surface area contributed by atoms with Gasteiger partial charge in [0, 0.05) is 61.0 Å². The molecular weight excluding hydrogens is 456 g/mol. The maximum atomic E-state index is 12.4. The van der Waals surface area contributed by atoms with E-state index in [2.05, 4.69) is 58.8 Å². The van der Waals surface area contributed by atoms with Crippen LogP contribution in [0.25, 0.3) is 28.0 Å². The topological polar surface area (TPSA) is 40.9 Å². The molecule has 35 heavy (non-hydrogen) atoms. The average molecular weight is 487 g/mol. The molecule has 0 radical (unpaired) electrons. The fourth-order valence-corrected chi connectivity index (χ4v) is 4.99. The van der Waals surface area contributed by atoms with Crippen molar-refractivity contribution < 1.29 is 4.79 Å². The summed E-state index contributed by atoms with van der Waals surface area (Å²) < 4.78 is 2.21. The van der Waals surface area contributed by atoms with Crippen LogP contribution < -0.4 is 0 Å². The summed E-state index contributed by atoms with van der Waals surface area (Å²) in [4.78, 5) is 21.9. The number of nitrogens with zero attached hydrogens (tertiary/aromatic N) is 4. The highest BCUT2D eigenvalue weighted by molar-refractivity contribution is 6.33. The minimum Gasteiger partial charge on any atom is -0.340 e. The molecule has 5 rings (SSSR count). The summed E-state index contributed by atoms with van der Waals surface area (Å²) in [5.41, 5.74) is 7.48. The number of carbonyl (C=O) groups is 1. The normalized spacial score (nSPS) is 14.7. The van der Waals surface area contributed by atoms with E-state index in [1.807, 2.05) is 43.0 Å². The number of piperazine rings is 1. The number of fused-ring (bicyclic) bond motifs is 1. The van der Waals surface area contributed by atoms with E-state index >= 15 is 0 Å². The number of hydrogen-bond acceptors (Lipinski definition) is 3. The van der Waals surface area contributed by atoms with E-state index in [-0.39, 0.29) is 11.8 Å². The number of imidazole rings is 1. The Balaban J connectivity index is 1.52. The lowest BCUT2D eigenvalue weighted by atomic mass is 10.1. The summed E-state index contributed by atoms with van der Waals surface area (Å²) in [6.45, 7) is 10.0. The van der Waals surface area contributed by atoms with Gasteiger partial charge in [0.15, 0.2) is 0 Å². The Morgan fingerprint density at radius 2 is 1.63 bits per heavy atom. The second-order valence-electron chi connectivity index (χ2n) is 9.66. The van der Waals surface area contributed by atoms with Crippen molar-refractivity contribution in [2.45, 2.75) is 27.3 Å². The second kappa shape index (κ2) is 9.84. The van der Waals surface area contributed by atoms with Gasteiger partial charge in [-0.2, -0.15) is 0 Å². The van der Waals surface area contributed by atoms with Gasteiger partial charge in [0.1, 0.15) is 5.65 Å². The van der Waals surface area contributed by atoms with Crippen LogP contribution in [-0.2, 0) is 11.3 Å². The van der Waals surface area contributed by atoms with E-state index in [1.165, 1.54) is 5.56 Å². The predicted molar refractivity (Wildman–Crippen MR) is 143 cm³/mol. The maximum absolute atomic E-state index is 12.4. The highest BCUT2D eigenvalue weighted by Crippen LogP contribution is 2.31. The number of benzene rings is 2. The zero-order valence-electron chi connectivity index (χ0n) is 20.5. The Kier molecular flexibility index (Phi) is 6.63. The standard InChI is InChI=1S/C29H31ClN4O/c1-20(2)29(35)33-16-14-32(15-17-33)19-26-28(22-10-8-21(3)9-11-22)31-27-13-12-23(18-34(26)27)24-6-4-5-7-25(24)30/h4-13,18,20H,14-17,19H2,1-3H3. The Hall–Kier alpha value is -3.15. The summed E-state index contributed by atoms with van der Waals surface area (Å²) >= 11 is 6.52. The van der Waals surface area contributed by atoms with Crippen LogP contribution in [0, 0.1) is 12.8 Å². The van der Waals surface area contributed by atoms with Crippen LogP contribution in [0.4, 0.5) is 0 Å². The van der Waals surface area contributed by atoms with Gasteiger partial charge in [-0.25, -0.2) is 4.98 Å². The number of halogens is 1. The van der Waals surface area contributed by atoms with Crippen molar-refractivity contribution in [1.29, 1.82) is 0 Å². The Morgan fingerprint density at radius 1 is 0.943 bits per heavy atom. The average Bonchev–Trinajstić information content (AvgIpc) is 3.22. The van der Waals surface area contributed by atoms with Gasteiger partial charge in [0.05, 0.1) is 11.4 Å². The van der Waals surface area contributed by atoms with Crippen LogP contribution >= 0.6 is 11.6 Å². The largest absolute Gasteiger partial charge is 0.340 e. The Morgan fingerprint density at radius 3 is 2.31 bits per heavy atom. The van der Waals surface area contributed by atoms with Crippen LogP contribution in [0.3, 0.4) is 0 Å². The molecule has 0 bridgehead atoms. The summed E-state index contributed by atoms with van der Waals surface area (Å²) in [5, 5.41) is 0.734. The van der Waals surface area contributed by atoms with Crippen molar-refractivity contribution in [1.82, 2.24) is 19.2 Å². The third kappa shape index (κ3) is 4.84. The number of hydrogen-bond donors (Lipinski definition) is 0. The molecule has 3 heterocycles. The molecule has 2 aromatic carbocycles. The lowest BCUT2D eigenvalue weighted by Gasteiger charge is -2.35. The molecule has 1 aliphatic rings. The fraction of sp³-hybridized carbons (Fsp3) is 0.310. The third-order valence-corrected chi connectivity index (χ3v) is 7.11. The van der Waals surface area contributed by atoms with Crippen LogP contribution in [0.15, 0.2) is 66.9 Å². The van der Waals surface area contributed by atoms with E-state index in [4.69, 9.17) is 16.6 Å². The van der Waals surface area contributed by atoms with Gasteiger partial charge in [0.2, 0.25) is 5.91 Å². The van der Waals surface area contributed by atoms with Crippen molar-refractivity contribution in [3.63, 3.8) is 0 Å². The smallest absolute Gasteiger partial charge is 0.225 e. The van der Waals surface area contributed by atoms with Crippen LogP contribution in [-0.4, -0.2) is 51.3 Å². The van der Waals surface area contributed by atoms with E-state index in [0.29, 0.717) is 0 Å². The fourth-order valence-electron chi connectivity index (χ4n) is 4.74. The Bertz CT molecular complexity index is 1350. The number of carbonyl (C=O) groups excluding carboxylic acids is 1. The van der Waals surface area contributed by atoms with Gasteiger partial charge in [0.25, 0.3) is 0 Å². The molecule has 0 aliphatic carbocycles. The molecule has 1 fully saturated rings. The van der Waals surface area contributed by atoms with Crippen LogP contribution in [0.1, 0.15) is 25.1 Å². The Labute approximate surface area is 212 Å². The van der Waals surface area contributed by atoms with Crippen molar-refractivity contribution >= 4 is 23.2 Å². The van der Waals surface area contributed by atoms with Crippen LogP contribution in [0.5, 0.6) is 0 Å². The molecule has 1 aliphatic heterocycles. The third-order valence-electron chi connectivity index (χ3n) is 6.78. The molecule has 0 spiro atoms. The summed E-state index contributed by atoms with van der Waals surface area (Å²) in [7, 11) is 0. The molecule has 1 amide bonds. The molecule has 0 N–H and O–H groups in total. The van der Waals surface area contributed by atoms with Gasteiger partial charge in [-0.15, -0.1) is 0 Å². The quantitative estimate of drug-likeness (QED) is 0.351. The van der Waals surface area contributed by atoms with Gasteiger partial charge in [-0.3, -0.25) is 9.69 Å². The van der Waals surface area contributed by atoms with Gasteiger partial charge in [-0.05, 0) is 30.7 Å². The minimum atomic E-state index is 0.0386. The molecule has 4 aromatic rings. The van der Waals surface area contributed by atoms with E-state index in [9.17, 15) is 4.79 Å². The molecule has 0 atom stereocenters. The molecule has 0 unspecified atom stereocenters. The highest BCUT2D eigenvalue weighted by atomic mass is 35.5. The molecule has 1 saturated heterocycles. The zero-order valence-corrected chi connectivity index (χ0v) is 21.3. The zero-order chi connectivity index (χ0) is 24.5. The highest BCUT2D eigenvalue weighted by Gasteiger charge is 2.25. The number of aromatic nitrogens is 2. The number of rotatable bonds is 5. The number of pyridine rings is 1. The monoisotopic (exact) mass is 486 g/mol. The first kappa shape index (κ1) is 23.6. The first-order chi connectivity index (χ1) is 16.9. The SMILES string of the molecule is Cc1ccc(-c2nc3ccc(-c4ccccc4Cl)cn3c2CN2CCN(C(=O)C(C)C)CC2)cc1.